The number of benzene rings is 1. The summed E-state index contributed by atoms with van der Waals surface area (Å²) in [7, 11) is 0. The normalized spacial score (nSPS) is 9.07. The summed E-state index contributed by atoms with van der Waals surface area (Å²) in [6.45, 7) is 2.60. The molecule has 0 heterocycles. The first-order chi connectivity index (χ1) is 6.75. The molecule has 0 bridgehead atoms. The lowest BCUT2D eigenvalue weighted by Gasteiger charge is -2.06. The largest absolute Gasteiger partial charge is 0.383 e. The van der Waals surface area contributed by atoms with E-state index in [0.717, 1.165) is 18.7 Å². The second-order valence-corrected chi connectivity index (χ2v) is 3.49. The maximum Gasteiger partial charge on any atom is 0.0823 e. The van der Waals surface area contributed by atoms with Gasteiger partial charge in [-0.1, -0.05) is 29.3 Å². The summed E-state index contributed by atoms with van der Waals surface area (Å²) in [6, 6.07) is 5.52. The first-order valence-electron chi connectivity index (χ1n) is 4.33. The number of rotatable bonds is 3. The van der Waals surface area contributed by atoms with Gasteiger partial charge in [-0.3, -0.25) is 0 Å². The van der Waals surface area contributed by atoms with Gasteiger partial charge in [-0.05, 0) is 19.1 Å². The first kappa shape index (κ1) is 11.2. The fourth-order valence-electron chi connectivity index (χ4n) is 1.02. The summed E-state index contributed by atoms with van der Waals surface area (Å²) in [5.41, 5.74) is 0.858. The monoisotopic (exact) mass is 227 g/mol. The predicted octanol–water partition coefficient (Wildman–Crippen LogP) is 3.82. The summed E-state index contributed by atoms with van der Waals surface area (Å²) in [5.74, 6) is 5.79. The lowest BCUT2D eigenvalue weighted by Crippen LogP contribution is -2.00. The molecule has 1 nitrogen and oxygen atoms in total. The molecule has 74 valence electrons. The van der Waals surface area contributed by atoms with Gasteiger partial charge in [-0.2, -0.15) is 0 Å². The molecule has 1 N–H and O–H groups in total. The van der Waals surface area contributed by atoms with Crippen LogP contribution in [0.15, 0.2) is 18.2 Å². The molecule has 0 atom stereocenters. The van der Waals surface area contributed by atoms with Gasteiger partial charge in [-0.25, -0.2) is 0 Å². The van der Waals surface area contributed by atoms with E-state index >= 15 is 0 Å². The third kappa shape index (κ3) is 3.14. The fraction of sp³-hybridized carbons (Fsp3) is 0.273. The van der Waals surface area contributed by atoms with Crippen molar-refractivity contribution in [1.29, 1.82) is 0 Å². The van der Waals surface area contributed by atoms with Gasteiger partial charge in [0.2, 0.25) is 0 Å². The molecule has 0 aromatic heterocycles. The number of nitrogens with one attached hydrogen (secondary N) is 1. The van der Waals surface area contributed by atoms with Crippen LogP contribution in [-0.4, -0.2) is 6.54 Å². The minimum atomic E-state index is 0.568. The molecule has 0 unspecified atom stereocenters. The summed E-state index contributed by atoms with van der Waals surface area (Å²) in [4.78, 5) is 0. The lowest BCUT2D eigenvalue weighted by atomic mass is 10.3. The summed E-state index contributed by atoms with van der Waals surface area (Å²) >= 11 is 11.8. The van der Waals surface area contributed by atoms with Crippen LogP contribution in [0.1, 0.15) is 13.3 Å². The second kappa shape index (κ2) is 5.80. The van der Waals surface area contributed by atoms with Crippen LogP contribution in [0.25, 0.3) is 0 Å². The Morgan fingerprint density at radius 3 is 2.86 bits per heavy atom. The second-order valence-electron chi connectivity index (χ2n) is 2.70. The van der Waals surface area contributed by atoms with Crippen LogP contribution < -0.4 is 5.32 Å². The Bertz CT molecular complexity index is 363. The van der Waals surface area contributed by atoms with E-state index in [1.54, 1.807) is 6.07 Å². The van der Waals surface area contributed by atoms with Crippen LogP contribution in [0.2, 0.25) is 10.0 Å². The van der Waals surface area contributed by atoms with E-state index in [2.05, 4.69) is 17.2 Å². The van der Waals surface area contributed by atoms with Gasteiger partial charge in [0.05, 0.1) is 15.7 Å². The van der Waals surface area contributed by atoms with Crippen molar-refractivity contribution in [2.45, 2.75) is 13.3 Å². The molecule has 0 aliphatic carbocycles. The Labute approximate surface area is 94.4 Å². The van der Waals surface area contributed by atoms with Crippen molar-refractivity contribution in [3.8, 4) is 11.8 Å². The highest BCUT2D eigenvalue weighted by molar-refractivity contribution is 6.43. The quantitative estimate of drug-likeness (QED) is 0.612. The van der Waals surface area contributed by atoms with Crippen molar-refractivity contribution < 1.29 is 0 Å². The minimum absolute atomic E-state index is 0.568. The van der Waals surface area contributed by atoms with E-state index in [9.17, 15) is 0 Å². The Hall–Kier alpha value is -0.840. The highest BCUT2D eigenvalue weighted by Gasteiger charge is 2.01. The first-order valence-corrected chi connectivity index (χ1v) is 5.09. The topological polar surface area (TPSA) is 12.0 Å². The van der Waals surface area contributed by atoms with Gasteiger partial charge < -0.3 is 5.32 Å². The molecule has 0 amide bonds. The third-order valence-corrected chi connectivity index (χ3v) is 2.51. The average Bonchev–Trinajstić information content (AvgIpc) is 2.19. The molecule has 3 heteroatoms. The van der Waals surface area contributed by atoms with E-state index in [1.807, 2.05) is 19.1 Å². The molecule has 0 aliphatic rings. The average molecular weight is 228 g/mol. The van der Waals surface area contributed by atoms with Crippen molar-refractivity contribution in [1.82, 2.24) is 0 Å². The summed E-state index contributed by atoms with van der Waals surface area (Å²) in [6.07, 6.45) is 0.805. The molecule has 1 rings (SSSR count). The molecular weight excluding hydrogens is 217 g/mol. The smallest absolute Gasteiger partial charge is 0.0823 e. The molecule has 1 aromatic rings. The molecule has 1 aromatic carbocycles. The highest BCUT2D eigenvalue weighted by atomic mass is 35.5. The van der Waals surface area contributed by atoms with Gasteiger partial charge in [-0.15, -0.1) is 11.8 Å². The van der Waals surface area contributed by atoms with Crippen molar-refractivity contribution in [3.05, 3.63) is 28.2 Å². The Kier molecular flexibility index (Phi) is 4.65. The van der Waals surface area contributed by atoms with Crippen LogP contribution in [-0.2, 0) is 0 Å². The van der Waals surface area contributed by atoms with E-state index in [0.29, 0.717) is 10.0 Å². The Morgan fingerprint density at radius 1 is 1.36 bits per heavy atom. The molecular formula is C11H11Cl2N. The molecule has 0 saturated carbocycles. The number of halogens is 2. The molecule has 0 aliphatic heterocycles. The SMILES string of the molecule is CC#CCCNc1cccc(Cl)c1Cl. The zero-order valence-corrected chi connectivity index (χ0v) is 9.41. The van der Waals surface area contributed by atoms with Gasteiger partial charge in [0.1, 0.15) is 0 Å². The van der Waals surface area contributed by atoms with Crippen molar-refractivity contribution in [2.24, 2.45) is 0 Å². The maximum absolute atomic E-state index is 5.98. The van der Waals surface area contributed by atoms with Crippen LogP contribution in [0.5, 0.6) is 0 Å². The minimum Gasteiger partial charge on any atom is -0.383 e. The van der Waals surface area contributed by atoms with E-state index in [1.165, 1.54) is 0 Å². The number of anilines is 1. The Balaban J connectivity index is 2.57. The third-order valence-electron chi connectivity index (χ3n) is 1.69. The van der Waals surface area contributed by atoms with Crippen molar-refractivity contribution in [3.63, 3.8) is 0 Å². The Morgan fingerprint density at radius 2 is 2.14 bits per heavy atom. The molecule has 0 spiro atoms. The molecule has 0 radical (unpaired) electrons. The van der Waals surface area contributed by atoms with E-state index in [-0.39, 0.29) is 0 Å². The van der Waals surface area contributed by atoms with Gasteiger partial charge >= 0.3 is 0 Å². The molecule has 0 fully saturated rings. The summed E-state index contributed by atoms with van der Waals surface area (Å²) in [5, 5.41) is 4.31. The number of hydrogen-bond donors (Lipinski definition) is 1. The van der Waals surface area contributed by atoms with Gasteiger partial charge in [0, 0.05) is 13.0 Å². The van der Waals surface area contributed by atoms with Crippen molar-refractivity contribution >= 4 is 28.9 Å². The highest BCUT2D eigenvalue weighted by Crippen LogP contribution is 2.29. The zero-order chi connectivity index (χ0) is 10.4. The summed E-state index contributed by atoms with van der Waals surface area (Å²) < 4.78 is 0. The van der Waals surface area contributed by atoms with Gasteiger partial charge in [0.25, 0.3) is 0 Å². The molecule has 14 heavy (non-hydrogen) atoms. The van der Waals surface area contributed by atoms with Crippen LogP contribution in [0.3, 0.4) is 0 Å². The predicted molar refractivity (Wildman–Crippen MR) is 63.0 cm³/mol. The van der Waals surface area contributed by atoms with Gasteiger partial charge in [0.15, 0.2) is 0 Å². The van der Waals surface area contributed by atoms with Crippen LogP contribution in [0.4, 0.5) is 5.69 Å². The van der Waals surface area contributed by atoms with E-state index < -0.39 is 0 Å². The van der Waals surface area contributed by atoms with Crippen LogP contribution >= 0.6 is 23.2 Å². The number of hydrogen-bond acceptors (Lipinski definition) is 1. The standard InChI is InChI=1S/C11H11Cl2N/c1-2-3-4-8-14-10-7-5-6-9(12)11(10)13/h5-7,14H,4,8H2,1H3. The van der Waals surface area contributed by atoms with Crippen molar-refractivity contribution in [2.75, 3.05) is 11.9 Å². The maximum atomic E-state index is 5.98. The zero-order valence-electron chi connectivity index (χ0n) is 7.90. The van der Waals surface area contributed by atoms with Crippen LogP contribution in [0, 0.1) is 11.8 Å². The lowest BCUT2D eigenvalue weighted by molar-refractivity contribution is 1.10. The molecule has 0 saturated heterocycles. The van der Waals surface area contributed by atoms with E-state index in [4.69, 9.17) is 23.2 Å². The fourth-order valence-corrected chi connectivity index (χ4v) is 1.39.